The van der Waals surface area contributed by atoms with Crippen molar-refractivity contribution in [2.45, 2.75) is 25.3 Å². The molecule has 1 saturated heterocycles. The number of nitrogens with two attached hydrogens (primary N) is 1. The fraction of sp³-hybridized carbons (Fsp3) is 0.429. The van der Waals surface area contributed by atoms with E-state index in [2.05, 4.69) is 20.8 Å². The van der Waals surface area contributed by atoms with Crippen LogP contribution in [0, 0.1) is 0 Å². The van der Waals surface area contributed by atoms with Gasteiger partial charge in [0.15, 0.2) is 0 Å². The van der Waals surface area contributed by atoms with Crippen LogP contribution in [0.1, 0.15) is 24.8 Å². The van der Waals surface area contributed by atoms with Crippen LogP contribution < -0.4 is 10.6 Å². The van der Waals surface area contributed by atoms with Crippen molar-refractivity contribution in [2.75, 3.05) is 18.6 Å². The molecule has 20 heavy (non-hydrogen) atoms. The fourth-order valence-corrected chi connectivity index (χ4v) is 3.51. The number of benzene rings is 1. The minimum atomic E-state index is -0.267. The van der Waals surface area contributed by atoms with Crippen molar-refractivity contribution in [1.29, 1.82) is 0 Å². The van der Waals surface area contributed by atoms with Crippen molar-refractivity contribution in [3.8, 4) is 0 Å². The Morgan fingerprint density at radius 1 is 1.50 bits per heavy atom. The van der Waals surface area contributed by atoms with Crippen LogP contribution in [0.3, 0.4) is 0 Å². The van der Waals surface area contributed by atoms with Gasteiger partial charge in [-0.2, -0.15) is 0 Å². The summed E-state index contributed by atoms with van der Waals surface area (Å²) in [5.74, 6) is -0.210. The molecule has 1 unspecified atom stereocenters. The maximum Gasteiger partial charge on any atom is 0.328 e. The molecular formula is C14H17BrN2O2S. The van der Waals surface area contributed by atoms with Crippen LogP contribution in [-0.4, -0.2) is 30.7 Å². The van der Waals surface area contributed by atoms with Gasteiger partial charge in [0.2, 0.25) is 0 Å². The topological polar surface area (TPSA) is 55.6 Å². The average molecular weight is 357 g/mol. The van der Waals surface area contributed by atoms with Crippen molar-refractivity contribution >= 4 is 44.8 Å². The lowest BCUT2D eigenvalue weighted by Crippen LogP contribution is -2.46. The minimum absolute atomic E-state index is 0.210. The second-order valence-electron chi connectivity index (χ2n) is 4.73. The van der Waals surface area contributed by atoms with Gasteiger partial charge >= 0.3 is 5.97 Å². The molecule has 0 radical (unpaired) electrons. The molecule has 0 aliphatic carbocycles. The molecule has 0 spiro atoms. The molecule has 1 fully saturated rings. The highest BCUT2D eigenvalue weighted by molar-refractivity contribution is 9.10. The van der Waals surface area contributed by atoms with E-state index in [1.807, 2.05) is 18.2 Å². The molecule has 1 aliphatic rings. The van der Waals surface area contributed by atoms with Gasteiger partial charge in [-0.3, -0.25) is 0 Å². The van der Waals surface area contributed by atoms with Gasteiger partial charge in [0.1, 0.15) is 11.0 Å². The van der Waals surface area contributed by atoms with Gasteiger partial charge in [0, 0.05) is 22.3 Å². The summed E-state index contributed by atoms with van der Waals surface area (Å²) in [6.45, 7) is 0.797. The van der Waals surface area contributed by atoms with E-state index in [4.69, 9.17) is 22.7 Å². The van der Waals surface area contributed by atoms with E-state index in [1.54, 1.807) is 0 Å². The highest BCUT2D eigenvalue weighted by atomic mass is 79.9. The van der Waals surface area contributed by atoms with Crippen LogP contribution in [0.5, 0.6) is 0 Å². The molecule has 1 aromatic carbocycles. The maximum atomic E-state index is 12.0. The zero-order chi connectivity index (χ0) is 14.7. The second-order valence-corrected chi connectivity index (χ2v) is 6.02. The molecule has 108 valence electrons. The maximum absolute atomic E-state index is 12.0. The van der Waals surface area contributed by atoms with Crippen molar-refractivity contribution in [2.24, 2.45) is 5.73 Å². The van der Waals surface area contributed by atoms with Crippen LogP contribution in [0.2, 0.25) is 0 Å². The molecule has 2 N–H and O–H groups in total. The molecule has 0 saturated carbocycles. The Morgan fingerprint density at radius 3 is 2.90 bits per heavy atom. The number of esters is 1. The summed E-state index contributed by atoms with van der Waals surface area (Å²) < 4.78 is 5.76. The third-order valence-electron chi connectivity index (χ3n) is 3.52. The molecule has 6 heteroatoms. The first-order chi connectivity index (χ1) is 9.56. The van der Waals surface area contributed by atoms with Gasteiger partial charge in [-0.05, 0) is 47.3 Å². The number of rotatable bonds is 3. The van der Waals surface area contributed by atoms with Crippen LogP contribution in [0.15, 0.2) is 22.7 Å². The molecule has 1 atom stereocenters. The SMILES string of the molecule is COC(=O)C1CCCCN1c1cccc(Br)c1C(N)=S. The number of carbonyl (C=O) groups excluding carboxylic acids is 1. The number of methoxy groups -OCH3 is 1. The van der Waals surface area contributed by atoms with E-state index >= 15 is 0 Å². The molecular weight excluding hydrogens is 340 g/mol. The predicted octanol–water partition coefficient (Wildman–Crippen LogP) is 2.62. The van der Waals surface area contributed by atoms with E-state index in [0.717, 1.165) is 41.5 Å². The van der Waals surface area contributed by atoms with Crippen molar-refractivity contribution in [1.82, 2.24) is 0 Å². The second kappa shape index (κ2) is 6.54. The number of halogens is 1. The molecule has 1 aliphatic heterocycles. The zero-order valence-electron chi connectivity index (χ0n) is 11.3. The van der Waals surface area contributed by atoms with Gasteiger partial charge < -0.3 is 15.4 Å². The van der Waals surface area contributed by atoms with Gasteiger partial charge in [0.05, 0.1) is 7.11 Å². The van der Waals surface area contributed by atoms with E-state index in [9.17, 15) is 4.79 Å². The molecule has 1 heterocycles. The van der Waals surface area contributed by atoms with Gasteiger partial charge in [-0.15, -0.1) is 0 Å². The lowest BCUT2D eigenvalue weighted by atomic mass is 9.99. The Labute approximate surface area is 132 Å². The summed E-state index contributed by atoms with van der Waals surface area (Å²) in [6.07, 6.45) is 2.85. The van der Waals surface area contributed by atoms with Crippen LogP contribution in [0.4, 0.5) is 5.69 Å². The molecule has 0 bridgehead atoms. The predicted molar refractivity (Wildman–Crippen MR) is 87.0 cm³/mol. The lowest BCUT2D eigenvalue weighted by molar-refractivity contribution is -0.142. The number of hydrogen-bond donors (Lipinski definition) is 1. The Balaban J connectivity index is 2.45. The van der Waals surface area contributed by atoms with E-state index < -0.39 is 0 Å². The minimum Gasteiger partial charge on any atom is -0.467 e. The average Bonchev–Trinajstić information content (AvgIpc) is 2.45. The third-order valence-corrected chi connectivity index (χ3v) is 4.39. The standard InChI is InChI=1S/C14H17BrN2O2S/c1-19-14(18)11-6-2-3-8-17(11)10-7-4-5-9(15)12(10)13(16)20/h4-5,7,11H,2-3,6,8H2,1H3,(H2,16,20). The summed E-state index contributed by atoms with van der Waals surface area (Å²) in [7, 11) is 1.42. The number of ether oxygens (including phenoxy) is 1. The first-order valence-electron chi connectivity index (χ1n) is 6.49. The van der Waals surface area contributed by atoms with E-state index in [0.29, 0.717) is 4.99 Å². The molecule has 4 nitrogen and oxygen atoms in total. The number of hydrogen-bond acceptors (Lipinski definition) is 4. The monoisotopic (exact) mass is 356 g/mol. The van der Waals surface area contributed by atoms with Crippen LogP contribution >= 0.6 is 28.1 Å². The zero-order valence-corrected chi connectivity index (χ0v) is 13.7. The normalized spacial score (nSPS) is 18.7. The Kier molecular flexibility index (Phi) is 4.99. The molecule has 0 amide bonds. The largest absolute Gasteiger partial charge is 0.467 e. The highest BCUT2D eigenvalue weighted by Crippen LogP contribution is 2.32. The smallest absolute Gasteiger partial charge is 0.328 e. The van der Waals surface area contributed by atoms with Crippen molar-refractivity contribution in [3.63, 3.8) is 0 Å². The summed E-state index contributed by atoms with van der Waals surface area (Å²) >= 11 is 8.62. The molecule has 1 aromatic rings. The van der Waals surface area contributed by atoms with Crippen molar-refractivity contribution < 1.29 is 9.53 Å². The summed E-state index contributed by atoms with van der Waals surface area (Å²) in [5.41, 5.74) is 7.50. The quantitative estimate of drug-likeness (QED) is 0.666. The number of piperidine rings is 1. The number of thiocarbonyl (C=S) groups is 1. The summed E-state index contributed by atoms with van der Waals surface area (Å²) in [5, 5.41) is 0. The van der Waals surface area contributed by atoms with Crippen LogP contribution in [0.25, 0.3) is 0 Å². The molecule has 2 rings (SSSR count). The summed E-state index contributed by atoms with van der Waals surface area (Å²) in [4.78, 5) is 14.3. The third kappa shape index (κ3) is 2.96. The number of nitrogens with zero attached hydrogens (tertiary/aromatic N) is 1. The number of carbonyl (C=O) groups is 1. The first kappa shape index (κ1) is 15.3. The fourth-order valence-electron chi connectivity index (χ4n) is 2.60. The van der Waals surface area contributed by atoms with Gasteiger partial charge in [0.25, 0.3) is 0 Å². The van der Waals surface area contributed by atoms with Gasteiger partial charge in [-0.25, -0.2) is 4.79 Å². The number of anilines is 1. The highest BCUT2D eigenvalue weighted by Gasteiger charge is 2.31. The van der Waals surface area contributed by atoms with Gasteiger partial charge in [-0.1, -0.05) is 18.3 Å². The molecule has 0 aromatic heterocycles. The lowest BCUT2D eigenvalue weighted by Gasteiger charge is -2.36. The Bertz CT molecular complexity index is 536. The Hall–Kier alpha value is -1.14. The summed E-state index contributed by atoms with van der Waals surface area (Å²) in [6, 6.07) is 5.50. The van der Waals surface area contributed by atoms with E-state index in [-0.39, 0.29) is 12.0 Å². The van der Waals surface area contributed by atoms with Crippen molar-refractivity contribution in [3.05, 3.63) is 28.2 Å². The first-order valence-corrected chi connectivity index (χ1v) is 7.69. The van der Waals surface area contributed by atoms with E-state index in [1.165, 1.54) is 7.11 Å². The Morgan fingerprint density at radius 2 is 2.25 bits per heavy atom. The van der Waals surface area contributed by atoms with Crippen LogP contribution in [-0.2, 0) is 9.53 Å².